The van der Waals surface area contributed by atoms with Crippen molar-refractivity contribution in [1.82, 2.24) is 15.2 Å². The maximum Gasteiger partial charge on any atom is 0.232 e. The van der Waals surface area contributed by atoms with Crippen LogP contribution in [-0.4, -0.2) is 27.2 Å². The van der Waals surface area contributed by atoms with Crippen LogP contribution in [0.15, 0.2) is 66.9 Å². The minimum Gasteiger partial charge on any atom is -0.491 e. The van der Waals surface area contributed by atoms with Gasteiger partial charge in [-0.3, -0.25) is 9.89 Å². The van der Waals surface area contributed by atoms with E-state index in [4.69, 9.17) is 4.74 Å². The number of hydrogen-bond donors (Lipinski definition) is 2. The molecule has 30 heavy (non-hydrogen) atoms. The van der Waals surface area contributed by atoms with Crippen LogP contribution in [0.25, 0.3) is 22.2 Å². The van der Waals surface area contributed by atoms with Crippen LogP contribution in [-0.2, 0) is 4.79 Å². The van der Waals surface area contributed by atoms with Gasteiger partial charge in [-0.1, -0.05) is 30.3 Å². The zero-order valence-electron chi connectivity index (χ0n) is 17.2. The van der Waals surface area contributed by atoms with E-state index in [0.717, 1.165) is 33.5 Å². The molecule has 2 N–H and O–H groups in total. The Morgan fingerprint density at radius 3 is 2.60 bits per heavy atom. The van der Waals surface area contributed by atoms with E-state index in [2.05, 4.69) is 20.5 Å². The first kappa shape index (κ1) is 19.6. The lowest BCUT2D eigenvalue weighted by Gasteiger charge is -2.12. The van der Waals surface area contributed by atoms with Crippen LogP contribution in [0, 0.1) is 0 Å². The quantitative estimate of drug-likeness (QED) is 0.469. The number of nitrogens with zero attached hydrogens (tertiary/aromatic N) is 2. The van der Waals surface area contributed by atoms with Gasteiger partial charge in [-0.2, -0.15) is 5.10 Å². The summed E-state index contributed by atoms with van der Waals surface area (Å²) >= 11 is 0. The van der Waals surface area contributed by atoms with Gasteiger partial charge < -0.3 is 10.1 Å². The highest BCUT2D eigenvalue weighted by molar-refractivity contribution is 5.97. The Balaban J connectivity index is 1.60. The molecular formula is C24H24N4O2. The minimum atomic E-state index is -0.279. The van der Waals surface area contributed by atoms with E-state index in [-0.39, 0.29) is 17.9 Å². The third-order valence-electron chi connectivity index (χ3n) is 4.88. The van der Waals surface area contributed by atoms with Crippen LogP contribution < -0.4 is 10.1 Å². The van der Waals surface area contributed by atoms with Crippen LogP contribution in [0.5, 0.6) is 5.75 Å². The molecule has 152 valence electrons. The Hall–Kier alpha value is -3.67. The molecule has 0 radical (unpaired) electrons. The summed E-state index contributed by atoms with van der Waals surface area (Å²) in [4.78, 5) is 17.0. The number of hydrogen-bond acceptors (Lipinski definition) is 4. The van der Waals surface area contributed by atoms with Gasteiger partial charge in [0.15, 0.2) is 0 Å². The summed E-state index contributed by atoms with van der Waals surface area (Å²) in [5, 5.41) is 11.4. The van der Waals surface area contributed by atoms with Crippen LogP contribution in [0.4, 0.5) is 5.82 Å². The van der Waals surface area contributed by atoms with E-state index in [1.54, 1.807) is 6.20 Å². The van der Waals surface area contributed by atoms with Crippen molar-refractivity contribution in [1.29, 1.82) is 0 Å². The second-order valence-electron chi connectivity index (χ2n) is 7.50. The number of aromatic amines is 1. The Morgan fingerprint density at radius 1 is 1.03 bits per heavy atom. The summed E-state index contributed by atoms with van der Waals surface area (Å²) in [6, 6.07) is 19.2. The van der Waals surface area contributed by atoms with Crippen molar-refractivity contribution in [3.05, 3.63) is 72.4 Å². The van der Waals surface area contributed by atoms with Crippen molar-refractivity contribution < 1.29 is 9.53 Å². The fraction of sp³-hybridized carbons (Fsp3) is 0.208. The normalized spacial score (nSPS) is 12.1. The third-order valence-corrected chi connectivity index (χ3v) is 4.88. The van der Waals surface area contributed by atoms with E-state index >= 15 is 0 Å². The van der Waals surface area contributed by atoms with Gasteiger partial charge in [0.05, 0.1) is 17.5 Å². The second-order valence-corrected chi connectivity index (χ2v) is 7.50. The van der Waals surface area contributed by atoms with E-state index in [0.29, 0.717) is 5.82 Å². The summed E-state index contributed by atoms with van der Waals surface area (Å²) in [7, 11) is 0. The van der Waals surface area contributed by atoms with Gasteiger partial charge in [0.2, 0.25) is 5.91 Å². The first-order valence-electron chi connectivity index (χ1n) is 9.98. The largest absolute Gasteiger partial charge is 0.491 e. The molecule has 0 spiro atoms. The SMILES string of the molecule is CC(C)Oc1ccc2[nH]nc(-c3ccnc(NC(=O)C(C)c4ccccc4)c3)c2c1. The van der Waals surface area contributed by atoms with Crippen molar-refractivity contribution in [2.75, 3.05) is 5.32 Å². The van der Waals surface area contributed by atoms with Gasteiger partial charge in [0.1, 0.15) is 17.3 Å². The van der Waals surface area contributed by atoms with Crippen LogP contribution in [0.2, 0.25) is 0 Å². The predicted molar refractivity (Wildman–Crippen MR) is 119 cm³/mol. The fourth-order valence-corrected chi connectivity index (χ4v) is 3.33. The topological polar surface area (TPSA) is 79.9 Å². The zero-order chi connectivity index (χ0) is 21.1. The molecule has 1 amide bonds. The number of anilines is 1. The average molecular weight is 400 g/mol. The average Bonchev–Trinajstić information content (AvgIpc) is 3.17. The molecule has 4 aromatic rings. The van der Waals surface area contributed by atoms with Crippen LogP contribution in [0.3, 0.4) is 0 Å². The lowest BCUT2D eigenvalue weighted by Crippen LogP contribution is -2.19. The number of rotatable bonds is 6. The minimum absolute atomic E-state index is 0.0899. The molecule has 1 atom stereocenters. The van der Waals surface area contributed by atoms with Crippen LogP contribution in [0.1, 0.15) is 32.3 Å². The lowest BCUT2D eigenvalue weighted by molar-refractivity contribution is -0.117. The fourth-order valence-electron chi connectivity index (χ4n) is 3.33. The number of amides is 1. The van der Waals surface area contributed by atoms with Crippen molar-refractivity contribution in [2.24, 2.45) is 0 Å². The highest BCUT2D eigenvalue weighted by atomic mass is 16.5. The number of ether oxygens (including phenoxy) is 1. The van der Waals surface area contributed by atoms with Gasteiger partial charge in [-0.15, -0.1) is 0 Å². The standard InChI is InChI=1S/C24H24N4O2/c1-15(2)30-19-9-10-21-20(14-19)23(28-27-21)18-11-12-25-22(13-18)26-24(29)16(3)17-7-5-4-6-8-17/h4-16H,1-3H3,(H,27,28)(H,25,26,29). The number of nitrogens with one attached hydrogen (secondary N) is 2. The number of carbonyl (C=O) groups excluding carboxylic acids is 1. The number of fused-ring (bicyclic) bond motifs is 1. The van der Waals surface area contributed by atoms with Gasteiger partial charge in [0.25, 0.3) is 0 Å². The number of aromatic nitrogens is 3. The summed E-state index contributed by atoms with van der Waals surface area (Å²) in [6.45, 7) is 5.87. The van der Waals surface area contributed by atoms with E-state index in [1.165, 1.54) is 0 Å². The first-order chi connectivity index (χ1) is 14.5. The van der Waals surface area contributed by atoms with E-state index < -0.39 is 0 Å². The number of H-pyrrole nitrogens is 1. The smallest absolute Gasteiger partial charge is 0.232 e. The third kappa shape index (κ3) is 4.17. The number of benzene rings is 2. The monoisotopic (exact) mass is 400 g/mol. The molecule has 0 aliphatic heterocycles. The summed E-state index contributed by atoms with van der Waals surface area (Å²) < 4.78 is 5.82. The van der Waals surface area contributed by atoms with Crippen molar-refractivity contribution in [3.63, 3.8) is 0 Å². The van der Waals surface area contributed by atoms with Gasteiger partial charge in [0, 0.05) is 17.1 Å². The molecule has 2 aromatic heterocycles. The maximum absolute atomic E-state index is 12.7. The van der Waals surface area contributed by atoms with E-state index in [9.17, 15) is 4.79 Å². The number of pyridine rings is 1. The molecular weight excluding hydrogens is 376 g/mol. The Kier molecular flexibility index (Phi) is 5.48. The first-order valence-corrected chi connectivity index (χ1v) is 9.98. The Bertz CT molecular complexity index is 1170. The van der Waals surface area contributed by atoms with Crippen LogP contribution >= 0.6 is 0 Å². The molecule has 1 unspecified atom stereocenters. The molecule has 6 nitrogen and oxygen atoms in total. The van der Waals surface area contributed by atoms with Crippen molar-refractivity contribution >= 4 is 22.6 Å². The molecule has 0 saturated carbocycles. The molecule has 0 fully saturated rings. The van der Waals surface area contributed by atoms with Gasteiger partial charge >= 0.3 is 0 Å². The highest BCUT2D eigenvalue weighted by Gasteiger charge is 2.16. The molecule has 0 saturated heterocycles. The summed E-state index contributed by atoms with van der Waals surface area (Å²) in [5.74, 6) is 0.898. The predicted octanol–water partition coefficient (Wildman–Crippen LogP) is 5.15. The Morgan fingerprint density at radius 2 is 1.83 bits per heavy atom. The Labute approximate surface area is 175 Å². The molecule has 6 heteroatoms. The summed E-state index contributed by atoms with van der Waals surface area (Å²) in [5.41, 5.74) is 3.53. The molecule has 0 aliphatic rings. The number of carbonyl (C=O) groups is 1. The molecule has 0 aliphatic carbocycles. The highest BCUT2D eigenvalue weighted by Crippen LogP contribution is 2.30. The van der Waals surface area contributed by atoms with Crippen molar-refractivity contribution in [2.45, 2.75) is 32.8 Å². The molecule has 4 rings (SSSR count). The van der Waals surface area contributed by atoms with Crippen molar-refractivity contribution in [3.8, 4) is 17.0 Å². The molecule has 2 heterocycles. The maximum atomic E-state index is 12.7. The second kappa shape index (κ2) is 8.37. The van der Waals surface area contributed by atoms with Gasteiger partial charge in [-0.25, -0.2) is 4.98 Å². The van der Waals surface area contributed by atoms with E-state index in [1.807, 2.05) is 81.4 Å². The van der Waals surface area contributed by atoms with Gasteiger partial charge in [-0.05, 0) is 56.7 Å². The summed E-state index contributed by atoms with van der Waals surface area (Å²) in [6.07, 6.45) is 1.76. The lowest BCUT2D eigenvalue weighted by atomic mass is 10.0. The molecule has 2 aromatic carbocycles. The molecule has 0 bridgehead atoms. The zero-order valence-corrected chi connectivity index (χ0v) is 17.2.